The molecule has 0 aliphatic rings. The van der Waals surface area contributed by atoms with Gasteiger partial charge in [0.15, 0.2) is 0 Å². The molecule has 0 radical (unpaired) electrons. The first-order chi connectivity index (χ1) is 7.19. The molecule has 15 heavy (non-hydrogen) atoms. The van der Waals surface area contributed by atoms with Crippen molar-refractivity contribution in [3.8, 4) is 0 Å². The van der Waals surface area contributed by atoms with E-state index < -0.39 is 0 Å². The molecule has 2 heteroatoms. The summed E-state index contributed by atoms with van der Waals surface area (Å²) in [6, 6.07) is 8.79. The van der Waals surface area contributed by atoms with E-state index in [2.05, 4.69) is 54.0 Å². The smallest absolute Gasteiger partial charge is 0.0178 e. The van der Waals surface area contributed by atoms with Crippen molar-refractivity contribution in [3.63, 3.8) is 0 Å². The van der Waals surface area contributed by atoms with Crippen molar-refractivity contribution in [2.24, 2.45) is 5.73 Å². The average Bonchev–Trinajstić information content (AvgIpc) is 2.19. The van der Waals surface area contributed by atoms with Gasteiger partial charge in [0.2, 0.25) is 0 Å². The van der Waals surface area contributed by atoms with Crippen molar-refractivity contribution in [1.29, 1.82) is 0 Å². The van der Waals surface area contributed by atoms with Gasteiger partial charge in [0, 0.05) is 10.5 Å². The highest BCUT2D eigenvalue weighted by atomic mass is 79.9. The van der Waals surface area contributed by atoms with Crippen LogP contribution in [0, 0.1) is 0 Å². The highest BCUT2D eigenvalue weighted by molar-refractivity contribution is 9.10. The van der Waals surface area contributed by atoms with E-state index in [0.29, 0.717) is 5.92 Å². The molecule has 0 bridgehead atoms. The largest absolute Gasteiger partial charge is 0.327 e. The first-order valence-electron chi connectivity index (χ1n) is 5.70. The fourth-order valence-electron chi connectivity index (χ4n) is 2.06. The lowest BCUT2D eigenvalue weighted by molar-refractivity contribution is 0.483. The Morgan fingerprint density at radius 1 is 1.33 bits per heavy atom. The van der Waals surface area contributed by atoms with Gasteiger partial charge in [-0.05, 0) is 36.5 Å². The summed E-state index contributed by atoms with van der Waals surface area (Å²) in [5, 5.41) is 0. The van der Waals surface area contributed by atoms with Gasteiger partial charge in [0.1, 0.15) is 0 Å². The molecule has 84 valence electrons. The maximum Gasteiger partial charge on any atom is 0.0178 e. The predicted molar refractivity (Wildman–Crippen MR) is 70.1 cm³/mol. The lowest BCUT2D eigenvalue weighted by Gasteiger charge is -2.22. The first-order valence-corrected chi connectivity index (χ1v) is 6.49. The Bertz CT molecular complexity index is 298. The summed E-state index contributed by atoms with van der Waals surface area (Å²) in [7, 11) is 0. The molecule has 0 aliphatic carbocycles. The van der Waals surface area contributed by atoms with Crippen molar-refractivity contribution in [2.75, 3.05) is 0 Å². The van der Waals surface area contributed by atoms with Crippen molar-refractivity contribution in [1.82, 2.24) is 0 Å². The second kappa shape index (κ2) is 6.29. The predicted octanol–water partition coefficient (Wildman–Crippen LogP) is 4.07. The molecule has 0 aromatic heterocycles. The highest BCUT2D eigenvalue weighted by Crippen LogP contribution is 2.26. The van der Waals surface area contributed by atoms with Gasteiger partial charge in [-0.25, -0.2) is 0 Å². The minimum absolute atomic E-state index is 0.286. The summed E-state index contributed by atoms with van der Waals surface area (Å²) in [4.78, 5) is 0. The highest BCUT2D eigenvalue weighted by Gasteiger charge is 2.17. The molecule has 0 saturated carbocycles. The molecule has 1 aromatic carbocycles. The van der Waals surface area contributed by atoms with E-state index in [-0.39, 0.29) is 6.04 Å². The van der Waals surface area contributed by atoms with Crippen molar-refractivity contribution >= 4 is 15.9 Å². The average molecular weight is 270 g/mol. The summed E-state index contributed by atoms with van der Waals surface area (Å²) < 4.78 is 1.14. The Labute approximate surface area is 101 Å². The van der Waals surface area contributed by atoms with Gasteiger partial charge >= 0.3 is 0 Å². The first kappa shape index (κ1) is 12.7. The third-order valence-corrected chi connectivity index (χ3v) is 3.35. The maximum absolute atomic E-state index is 6.21. The summed E-state index contributed by atoms with van der Waals surface area (Å²) in [5.41, 5.74) is 7.56. The van der Waals surface area contributed by atoms with Gasteiger partial charge in [0.25, 0.3) is 0 Å². The van der Waals surface area contributed by atoms with Crippen LogP contribution in [0.5, 0.6) is 0 Å². The Morgan fingerprint density at radius 2 is 2.07 bits per heavy atom. The van der Waals surface area contributed by atoms with E-state index in [0.717, 1.165) is 23.7 Å². The standard InChI is InChI=1S/C13H20BrN/c1-3-6-13(15)12(4-2)10-7-5-8-11(14)9-10/h5,7-9,12-13H,3-4,6,15H2,1-2H3. The van der Waals surface area contributed by atoms with Gasteiger partial charge < -0.3 is 5.73 Å². The van der Waals surface area contributed by atoms with E-state index in [1.165, 1.54) is 5.56 Å². The van der Waals surface area contributed by atoms with Gasteiger partial charge in [-0.1, -0.05) is 48.3 Å². The molecule has 0 heterocycles. The number of rotatable bonds is 5. The second-order valence-corrected chi connectivity index (χ2v) is 4.94. The van der Waals surface area contributed by atoms with Crippen molar-refractivity contribution < 1.29 is 0 Å². The SMILES string of the molecule is CCCC(N)C(CC)c1cccc(Br)c1. The van der Waals surface area contributed by atoms with Crippen LogP contribution in [0.4, 0.5) is 0 Å². The van der Waals surface area contributed by atoms with Crippen LogP contribution in [-0.2, 0) is 0 Å². The Morgan fingerprint density at radius 3 is 2.60 bits per heavy atom. The molecule has 2 N–H and O–H groups in total. The summed E-state index contributed by atoms with van der Waals surface area (Å²) in [6.45, 7) is 4.40. The van der Waals surface area contributed by atoms with E-state index in [9.17, 15) is 0 Å². The summed E-state index contributed by atoms with van der Waals surface area (Å²) in [5.74, 6) is 0.488. The van der Waals surface area contributed by atoms with Gasteiger partial charge in [-0.2, -0.15) is 0 Å². The maximum atomic E-state index is 6.21. The van der Waals surface area contributed by atoms with Crippen LogP contribution in [-0.4, -0.2) is 6.04 Å². The second-order valence-electron chi connectivity index (χ2n) is 4.02. The molecule has 0 saturated heterocycles. The van der Waals surface area contributed by atoms with Gasteiger partial charge in [-0.15, -0.1) is 0 Å². The zero-order chi connectivity index (χ0) is 11.3. The molecule has 2 unspecified atom stereocenters. The monoisotopic (exact) mass is 269 g/mol. The lowest BCUT2D eigenvalue weighted by Crippen LogP contribution is -2.27. The van der Waals surface area contributed by atoms with Gasteiger partial charge in [0.05, 0.1) is 0 Å². The fraction of sp³-hybridized carbons (Fsp3) is 0.538. The van der Waals surface area contributed by atoms with Crippen molar-refractivity contribution in [3.05, 3.63) is 34.3 Å². The van der Waals surface area contributed by atoms with E-state index in [4.69, 9.17) is 5.73 Å². The number of benzene rings is 1. The molecule has 0 spiro atoms. The fourth-order valence-corrected chi connectivity index (χ4v) is 2.47. The zero-order valence-electron chi connectivity index (χ0n) is 9.54. The number of nitrogens with two attached hydrogens (primary N) is 1. The van der Waals surface area contributed by atoms with Crippen molar-refractivity contribution in [2.45, 2.75) is 45.1 Å². The third kappa shape index (κ3) is 3.62. The topological polar surface area (TPSA) is 26.0 Å². The summed E-state index contributed by atoms with van der Waals surface area (Å²) in [6.07, 6.45) is 3.37. The number of hydrogen-bond donors (Lipinski definition) is 1. The Balaban J connectivity index is 2.82. The normalized spacial score (nSPS) is 14.9. The lowest BCUT2D eigenvalue weighted by atomic mass is 9.87. The van der Waals surface area contributed by atoms with Crippen LogP contribution in [0.1, 0.15) is 44.6 Å². The minimum atomic E-state index is 0.286. The van der Waals surface area contributed by atoms with Crippen LogP contribution in [0.3, 0.4) is 0 Å². The van der Waals surface area contributed by atoms with Crippen LogP contribution in [0.2, 0.25) is 0 Å². The molecule has 0 amide bonds. The van der Waals surface area contributed by atoms with E-state index in [1.807, 2.05) is 0 Å². The third-order valence-electron chi connectivity index (χ3n) is 2.86. The number of halogens is 1. The van der Waals surface area contributed by atoms with Crippen LogP contribution in [0.25, 0.3) is 0 Å². The molecular weight excluding hydrogens is 250 g/mol. The number of hydrogen-bond acceptors (Lipinski definition) is 1. The Kier molecular flexibility index (Phi) is 5.34. The molecule has 0 fully saturated rings. The molecule has 1 nitrogen and oxygen atoms in total. The molecule has 0 aliphatic heterocycles. The Hall–Kier alpha value is -0.340. The van der Waals surface area contributed by atoms with Crippen LogP contribution in [0.15, 0.2) is 28.7 Å². The molecule has 1 rings (SSSR count). The minimum Gasteiger partial charge on any atom is -0.327 e. The van der Waals surface area contributed by atoms with E-state index in [1.54, 1.807) is 0 Å². The summed E-state index contributed by atoms with van der Waals surface area (Å²) >= 11 is 3.51. The van der Waals surface area contributed by atoms with Crippen LogP contribution < -0.4 is 5.73 Å². The van der Waals surface area contributed by atoms with Gasteiger partial charge in [-0.3, -0.25) is 0 Å². The zero-order valence-corrected chi connectivity index (χ0v) is 11.1. The molecular formula is C13H20BrN. The quantitative estimate of drug-likeness (QED) is 0.857. The molecule has 2 atom stereocenters. The van der Waals surface area contributed by atoms with Crippen LogP contribution >= 0.6 is 15.9 Å². The van der Waals surface area contributed by atoms with E-state index >= 15 is 0 Å². The molecule has 1 aromatic rings.